The predicted molar refractivity (Wildman–Crippen MR) is 155 cm³/mol. The van der Waals surface area contributed by atoms with Crippen LogP contribution >= 0.6 is 0 Å². The second-order valence-electron chi connectivity index (χ2n) is 11.1. The molecule has 0 aromatic rings. The minimum absolute atomic E-state index is 0.0778. The lowest BCUT2D eigenvalue weighted by Gasteiger charge is -2.28. The first-order valence-electron chi connectivity index (χ1n) is 14.3. The van der Waals surface area contributed by atoms with E-state index in [4.69, 9.17) is 21.4 Å². The summed E-state index contributed by atoms with van der Waals surface area (Å²) in [7, 11) is 0. The van der Waals surface area contributed by atoms with Crippen LogP contribution in [0.5, 0.6) is 0 Å². The number of nitrogens with one attached hydrogen (secondary N) is 4. The monoisotopic (exact) mass is 642 g/mol. The molecule has 0 aliphatic rings. The molecule has 0 radical (unpaired) electrons. The van der Waals surface area contributed by atoms with Gasteiger partial charge in [0.2, 0.25) is 23.6 Å². The molecule has 10 N–H and O–H groups in total. The Morgan fingerprint density at radius 1 is 0.727 bits per heavy atom. The number of hydrogen-bond donors (Lipinski definition) is 8. The van der Waals surface area contributed by atoms with E-state index < -0.39 is 72.0 Å². The molecule has 4 amide bonds. The SMILES string of the molecule is CC[C@H](C)[C@H](N)C(=O)N[C@@H](CCCCN)C(=O)N[C@H](C(=O)N[C@@H](C)C(=O)N[C@H](C(=O)O)C(C)C)C(C)C.O=C(O)C(F)(F)F. The first kappa shape index (κ1) is 42.7. The molecule has 0 bridgehead atoms. The van der Waals surface area contributed by atoms with Crippen molar-refractivity contribution in [2.75, 3.05) is 6.54 Å². The van der Waals surface area contributed by atoms with Crippen LogP contribution in [-0.4, -0.2) is 88.7 Å². The molecule has 0 unspecified atom stereocenters. The summed E-state index contributed by atoms with van der Waals surface area (Å²) >= 11 is 0. The van der Waals surface area contributed by atoms with Crippen molar-refractivity contribution in [3.8, 4) is 0 Å². The molecule has 0 aliphatic carbocycles. The topological polar surface area (TPSA) is 243 Å². The largest absolute Gasteiger partial charge is 0.490 e. The zero-order valence-electron chi connectivity index (χ0n) is 26.3. The van der Waals surface area contributed by atoms with E-state index in [2.05, 4.69) is 21.3 Å². The first-order chi connectivity index (χ1) is 20.1. The number of amides is 4. The summed E-state index contributed by atoms with van der Waals surface area (Å²) in [6.07, 6.45) is -2.82. The fourth-order valence-electron chi connectivity index (χ4n) is 3.49. The average molecular weight is 643 g/mol. The molecule has 14 nitrogen and oxygen atoms in total. The molecule has 0 aliphatic heterocycles. The van der Waals surface area contributed by atoms with Gasteiger partial charge >= 0.3 is 18.1 Å². The van der Waals surface area contributed by atoms with Gasteiger partial charge in [0.1, 0.15) is 24.2 Å². The van der Waals surface area contributed by atoms with Crippen molar-refractivity contribution in [3.63, 3.8) is 0 Å². The van der Waals surface area contributed by atoms with E-state index in [1.807, 2.05) is 13.8 Å². The van der Waals surface area contributed by atoms with Crippen molar-refractivity contribution in [3.05, 3.63) is 0 Å². The molecular weight excluding hydrogens is 593 g/mol. The molecule has 0 aromatic carbocycles. The number of alkyl halides is 3. The third-order valence-electron chi connectivity index (χ3n) is 6.61. The van der Waals surface area contributed by atoms with Crippen LogP contribution in [0.4, 0.5) is 13.2 Å². The van der Waals surface area contributed by atoms with Crippen LogP contribution in [0.25, 0.3) is 0 Å². The molecule has 0 heterocycles. The summed E-state index contributed by atoms with van der Waals surface area (Å²) in [6.45, 7) is 12.4. The predicted octanol–water partition coefficient (Wildman–Crippen LogP) is 0.478. The Kier molecular flexibility index (Phi) is 19.9. The van der Waals surface area contributed by atoms with E-state index >= 15 is 0 Å². The van der Waals surface area contributed by atoms with Crippen LogP contribution < -0.4 is 32.7 Å². The molecule has 256 valence electrons. The number of hydrogen-bond acceptors (Lipinski definition) is 8. The Morgan fingerprint density at radius 3 is 1.59 bits per heavy atom. The number of carbonyl (C=O) groups is 6. The van der Waals surface area contributed by atoms with E-state index in [-0.39, 0.29) is 17.8 Å². The van der Waals surface area contributed by atoms with Crippen LogP contribution in [0.1, 0.15) is 74.1 Å². The number of nitrogens with two attached hydrogens (primary N) is 2. The molecule has 0 spiro atoms. The van der Waals surface area contributed by atoms with Gasteiger partial charge in [0.15, 0.2) is 0 Å². The van der Waals surface area contributed by atoms with Gasteiger partial charge in [-0.2, -0.15) is 13.2 Å². The molecule has 0 rings (SSSR count). The standard InChI is InChI=1S/C25H48N6O6.C2HF3O2/c1-8-15(6)18(27)23(34)29-17(11-9-10-12-26)22(33)30-19(13(2)3)24(35)28-16(7)21(32)31-20(14(4)5)25(36)37;3-2(4,5)1(6)7/h13-20H,8-12,26-27H2,1-7H3,(H,28,35)(H,29,34)(H,30,33)(H,31,32)(H,36,37);(H,6,7)/t15-,16-,17-,18-,19-,20-;/m0./s1. The fourth-order valence-corrected chi connectivity index (χ4v) is 3.49. The molecule has 17 heteroatoms. The highest BCUT2D eigenvalue weighted by Crippen LogP contribution is 2.13. The van der Waals surface area contributed by atoms with Gasteiger partial charge in [-0.05, 0) is 50.5 Å². The highest BCUT2D eigenvalue weighted by Gasteiger charge is 2.38. The average Bonchev–Trinajstić information content (AvgIpc) is 2.91. The number of carboxylic acid groups (broad SMARTS) is 2. The molecule has 44 heavy (non-hydrogen) atoms. The maximum atomic E-state index is 13.1. The van der Waals surface area contributed by atoms with Crippen molar-refractivity contribution < 1.29 is 52.2 Å². The van der Waals surface area contributed by atoms with Gasteiger partial charge in [-0.15, -0.1) is 0 Å². The highest BCUT2D eigenvalue weighted by atomic mass is 19.4. The molecule has 0 aromatic heterocycles. The van der Waals surface area contributed by atoms with Gasteiger partial charge in [-0.3, -0.25) is 19.2 Å². The van der Waals surface area contributed by atoms with Crippen LogP contribution in [0.15, 0.2) is 0 Å². The summed E-state index contributed by atoms with van der Waals surface area (Å²) in [5, 5.41) is 26.8. The van der Waals surface area contributed by atoms with E-state index in [0.29, 0.717) is 32.2 Å². The normalized spacial score (nSPS) is 15.4. The zero-order valence-corrected chi connectivity index (χ0v) is 26.3. The fraction of sp³-hybridized carbons (Fsp3) is 0.778. The summed E-state index contributed by atoms with van der Waals surface area (Å²) in [6, 6.07) is -4.84. The number of unbranched alkanes of at least 4 members (excludes halogenated alkanes) is 1. The quantitative estimate of drug-likeness (QED) is 0.102. The van der Waals surface area contributed by atoms with Crippen molar-refractivity contribution in [1.29, 1.82) is 0 Å². The first-order valence-corrected chi connectivity index (χ1v) is 14.3. The molecular formula is C27H49F3N6O8. The van der Waals surface area contributed by atoms with Crippen LogP contribution in [0.2, 0.25) is 0 Å². The summed E-state index contributed by atoms with van der Waals surface area (Å²) in [5.74, 6) is -6.96. The van der Waals surface area contributed by atoms with Crippen molar-refractivity contribution in [2.45, 2.75) is 111 Å². The van der Waals surface area contributed by atoms with Crippen LogP contribution in [0, 0.1) is 17.8 Å². The van der Waals surface area contributed by atoms with Crippen molar-refractivity contribution in [1.82, 2.24) is 21.3 Å². The van der Waals surface area contributed by atoms with Gasteiger partial charge < -0.3 is 42.9 Å². The number of rotatable bonds is 17. The van der Waals surface area contributed by atoms with Crippen molar-refractivity contribution in [2.24, 2.45) is 29.2 Å². The summed E-state index contributed by atoms with van der Waals surface area (Å²) in [5.41, 5.74) is 11.6. The summed E-state index contributed by atoms with van der Waals surface area (Å²) in [4.78, 5) is 71.5. The number of aliphatic carboxylic acids is 2. The van der Waals surface area contributed by atoms with Gasteiger partial charge in [0.05, 0.1) is 6.04 Å². The van der Waals surface area contributed by atoms with E-state index in [0.717, 1.165) is 0 Å². The lowest BCUT2D eigenvalue weighted by molar-refractivity contribution is -0.192. The third kappa shape index (κ3) is 16.4. The number of carbonyl (C=O) groups excluding carboxylic acids is 4. The zero-order chi connectivity index (χ0) is 34.9. The molecule has 0 saturated heterocycles. The maximum Gasteiger partial charge on any atom is 0.490 e. The molecule has 0 fully saturated rings. The lowest BCUT2D eigenvalue weighted by Crippen LogP contribution is -2.59. The highest BCUT2D eigenvalue weighted by molar-refractivity contribution is 5.95. The minimum atomic E-state index is -5.08. The van der Waals surface area contributed by atoms with E-state index in [1.54, 1.807) is 27.7 Å². The Bertz CT molecular complexity index is 964. The Labute approximate surface area is 255 Å². The van der Waals surface area contributed by atoms with E-state index in [9.17, 15) is 42.3 Å². The third-order valence-corrected chi connectivity index (χ3v) is 6.61. The van der Waals surface area contributed by atoms with Crippen molar-refractivity contribution >= 4 is 35.6 Å². The van der Waals surface area contributed by atoms with Gasteiger partial charge in [0.25, 0.3) is 0 Å². The van der Waals surface area contributed by atoms with E-state index in [1.165, 1.54) is 6.92 Å². The van der Waals surface area contributed by atoms with Gasteiger partial charge in [-0.25, -0.2) is 9.59 Å². The number of halogens is 3. The second kappa shape index (κ2) is 20.5. The Hall–Kier alpha value is -3.47. The number of carboxylic acids is 2. The smallest absolute Gasteiger partial charge is 0.480 e. The molecule has 0 saturated carbocycles. The summed E-state index contributed by atoms with van der Waals surface area (Å²) < 4.78 is 31.7. The second-order valence-corrected chi connectivity index (χ2v) is 11.1. The van der Waals surface area contributed by atoms with Crippen LogP contribution in [-0.2, 0) is 28.8 Å². The van der Waals surface area contributed by atoms with Gasteiger partial charge in [0, 0.05) is 0 Å². The molecule has 6 atom stereocenters. The Balaban J connectivity index is 0. The Morgan fingerprint density at radius 2 is 1.20 bits per heavy atom. The maximum absolute atomic E-state index is 13.1. The van der Waals surface area contributed by atoms with Crippen LogP contribution in [0.3, 0.4) is 0 Å². The lowest BCUT2D eigenvalue weighted by atomic mass is 9.98. The van der Waals surface area contributed by atoms with Gasteiger partial charge in [-0.1, -0.05) is 48.0 Å². The minimum Gasteiger partial charge on any atom is -0.480 e.